The van der Waals surface area contributed by atoms with Gasteiger partial charge in [0.1, 0.15) is 0 Å². The molecular formula is C23H36N4O3. The average molecular weight is 417 g/mol. The van der Waals surface area contributed by atoms with Gasteiger partial charge in [-0.3, -0.25) is 4.79 Å². The average Bonchev–Trinajstić information content (AvgIpc) is 3.28. The maximum atomic E-state index is 11.9. The molecule has 1 aliphatic carbocycles. The molecule has 2 fully saturated rings. The molecule has 1 aromatic rings. The molecule has 2 N–H and O–H groups in total. The molecule has 2 aliphatic rings. The van der Waals surface area contributed by atoms with Crippen molar-refractivity contribution in [3.8, 4) is 0 Å². The minimum Gasteiger partial charge on any atom is -0.381 e. The van der Waals surface area contributed by atoms with E-state index in [0.717, 1.165) is 44.5 Å². The van der Waals surface area contributed by atoms with Crippen molar-refractivity contribution < 1.29 is 14.3 Å². The highest BCUT2D eigenvalue weighted by Gasteiger charge is 2.17. The number of rotatable bonds is 8. The van der Waals surface area contributed by atoms with E-state index in [9.17, 15) is 4.79 Å². The third kappa shape index (κ3) is 7.61. The topological polar surface area (TPSA) is 75.2 Å². The molecular weight excluding hydrogens is 380 g/mol. The predicted molar refractivity (Wildman–Crippen MR) is 118 cm³/mol. The summed E-state index contributed by atoms with van der Waals surface area (Å²) < 4.78 is 11.4. The first-order valence-electron chi connectivity index (χ1n) is 11.1. The Morgan fingerprint density at radius 1 is 1.10 bits per heavy atom. The van der Waals surface area contributed by atoms with Crippen molar-refractivity contribution in [2.24, 2.45) is 4.99 Å². The van der Waals surface area contributed by atoms with Crippen molar-refractivity contribution in [1.29, 1.82) is 0 Å². The molecule has 1 aromatic carbocycles. The second-order valence-corrected chi connectivity index (χ2v) is 8.37. The molecule has 0 bridgehead atoms. The van der Waals surface area contributed by atoms with Gasteiger partial charge < -0.3 is 25.0 Å². The summed E-state index contributed by atoms with van der Waals surface area (Å²) in [5, 5.41) is 6.67. The summed E-state index contributed by atoms with van der Waals surface area (Å²) in [6, 6.07) is 8.86. The monoisotopic (exact) mass is 416 g/mol. The van der Waals surface area contributed by atoms with E-state index in [0.29, 0.717) is 31.3 Å². The lowest BCUT2D eigenvalue weighted by molar-refractivity contribution is -0.127. The number of ether oxygens (including phenoxy) is 2. The van der Waals surface area contributed by atoms with Crippen molar-refractivity contribution in [3.05, 3.63) is 35.4 Å². The van der Waals surface area contributed by atoms with E-state index in [2.05, 4.69) is 34.9 Å². The first kappa shape index (κ1) is 22.6. The van der Waals surface area contributed by atoms with Crippen molar-refractivity contribution in [3.63, 3.8) is 0 Å². The summed E-state index contributed by atoms with van der Waals surface area (Å²) >= 11 is 0. The van der Waals surface area contributed by atoms with Gasteiger partial charge in [-0.15, -0.1) is 0 Å². The second kappa shape index (κ2) is 11.9. The van der Waals surface area contributed by atoms with Gasteiger partial charge in [-0.05, 0) is 36.8 Å². The number of nitrogens with zero attached hydrogens (tertiary/aromatic N) is 2. The number of nitrogens with one attached hydrogen (secondary N) is 2. The number of benzene rings is 1. The fourth-order valence-electron chi connectivity index (χ4n) is 3.70. The van der Waals surface area contributed by atoms with Gasteiger partial charge >= 0.3 is 0 Å². The number of aliphatic imine (C=N–C) groups is 1. The van der Waals surface area contributed by atoms with Crippen LogP contribution in [0, 0.1) is 0 Å². The summed E-state index contributed by atoms with van der Waals surface area (Å²) in [5.41, 5.74) is 2.31. The van der Waals surface area contributed by atoms with E-state index in [1.807, 2.05) is 0 Å². The van der Waals surface area contributed by atoms with E-state index < -0.39 is 0 Å². The molecule has 0 atom stereocenters. The zero-order valence-electron chi connectivity index (χ0n) is 18.4. The van der Waals surface area contributed by atoms with E-state index >= 15 is 0 Å². The number of hydrogen-bond donors (Lipinski definition) is 2. The van der Waals surface area contributed by atoms with Crippen LogP contribution in [0.2, 0.25) is 0 Å². The van der Waals surface area contributed by atoms with E-state index in [1.54, 1.807) is 19.0 Å². The third-order valence-electron chi connectivity index (χ3n) is 5.70. The fraction of sp³-hybridized carbons (Fsp3) is 0.652. The van der Waals surface area contributed by atoms with Crippen LogP contribution in [0.25, 0.3) is 0 Å². The van der Waals surface area contributed by atoms with E-state index in [-0.39, 0.29) is 12.5 Å². The highest BCUT2D eigenvalue weighted by Crippen LogP contribution is 2.17. The molecule has 3 rings (SSSR count). The molecule has 1 heterocycles. The third-order valence-corrected chi connectivity index (χ3v) is 5.70. The molecule has 0 unspecified atom stereocenters. The number of amides is 1. The van der Waals surface area contributed by atoms with Crippen LogP contribution in [0.5, 0.6) is 0 Å². The zero-order chi connectivity index (χ0) is 21.2. The van der Waals surface area contributed by atoms with E-state index in [1.165, 1.54) is 18.4 Å². The van der Waals surface area contributed by atoms with Crippen LogP contribution in [-0.2, 0) is 27.4 Å². The first-order valence-corrected chi connectivity index (χ1v) is 11.1. The molecule has 1 amide bonds. The number of carbonyl (C=O) groups excluding carboxylic acids is 1. The SMILES string of the molecule is CN(C)C(=O)CNC(=NCc1ccc(COC2CCOCC2)cc1)NC1CCCC1. The lowest BCUT2D eigenvalue weighted by atomic mass is 10.1. The Hall–Kier alpha value is -2.12. The van der Waals surface area contributed by atoms with Crippen LogP contribution in [-0.4, -0.2) is 62.8 Å². The van der Waals surface area contributed by atoms with Crippen molar-refractivity contribution in [2.45, 2.75) is 63.8 Å². The predicted octanol–water partition coefficient (Wildman–Crippen LogP) is 2.45. The molecule has 0 spiro atoms. The van der Waals surface area contributed by atoms with Crippen LogP contribution in [0.15, 0.2) is 29.3 Å². The number of hydrogen-bond acceptors (Lipinski definition) is 4. The first-order chi connectivity index (χ1) is 14.6. The Kier molecular flexibility index (Phi) is 8.96. The van der Waals surface area contributed by atoms with Crippen LogP contribution in [0.4, 0.5) is 0 Å². The molecule has 0 radical (unpaired) electrons. The summed E-state index contributed by atoms with van der Waals surface area (Å²) in [4.78, 5) is 18.2. The molecule has 30 heavy (non-hydrogen) atoms. The quantitative estimate of drug-likeness (QED) is 0.503. The molecule has 7 heteroatoms. The molecule has 166 valence electrons. The summed E-state index contributed by atoms with van der Waals surface area (Å²) in [5.74, 6) is 0.744. The summed E-state index contributed by atoms with van der Waals surface area (Å²) in [6.45, 7) is 3.05. The van der Waals surface area contributed by atoms with Gasteiger partial charge in [-0.1, -0.05) is 37.1 Å². The van der Waals surface area contributed by atoms with Crippen molar-refractivity contribution in [1.82, 2.24) is 15.5 Å². The van der Waals surface area contributed by atoms with Gasteiger partial charge in [0, 0.05) is 33.4 Å². The Morgan fingerprint density at radius 2 is 1.77 bits per heavy atom. The lowest BCUT2D eigenvalue weighted by Gasteiger charge is -2.22. The Balaban J connectivity index is 1.51. The molecule has 7 nitrogen and oxygen atoms in total. The number of guanidine groups is 1. The van der Waals surface area contributed by atoms with Crippen molar-refractivity contribution >= 4 is 11.9 Å². The van der Waals surface area contributed by atoms with Gasteiger partial charge in [0.25, 0.3) is 0 Å². The van der Waals surface area contributed by atoms with E-state index in [4.69, 9.17) is 14.5 Å². The molecule has 0 aromatic heterocycles. The van der Waals surface area contributed by atoms with Gasteiger partial charge in [-0.25, -0.2) is 4.99 Å². The van der Waals surface area contributed by atoms with Crippen LogP contribution in [0.1, 0.15) is 49.7 Å². The normalized spacial score (nSPS) is 18.4. The van der Waals surface area contributed by atoms with Crippen LogP contribution in [0.3, 0.4) is 0 Å². The number of likely N-dealkylation sites (N-methyl/N-ethyl adjacent to an activating group) is 1. The highest BCUT2D eigenvalue weighted by atomic mass is 16.5. The highest BCUT2D eigenvalue weighted by molar-refractivity contribution is 5.86. The molecule has 1 saturated carbocycles. The number of carbonyl (C=O) groups is 1. The lowest BCUT2D eigenvalue weighted by Crippen LogP contribution is -2.46. The Bertz CT molecular complexity index is 678. The standard InChI is InChI=1S/C23H36N4O3/c1-27(2)22(28)16-25-23(26-20-5-3-4-6-20)24-15-18-7-9-19(10-8-18)17-30-21-11-13-29-14-12-21/h7-10,20-21H,3-6,11-17H2,1-2H3,(H2,24,25,26). The van der Waals surface area contributed by atoms with Crippen molar-refractivity contribution in [2.75, 3.05) is 33.9 Å². The van der Waals surface area contributed by atoms with Crippen LogP contribution >= 0.6 is 0 Å². The zero-order valence-corrected chi connectivity index (χ0v) is 18.4. The fourth-order valence-corrected chi connectivity index (χ4v) is 3.70. The van der Waals surface area contributed by atoms with Gasteiger partial charge in [0.15, 0.2) is 5.96 Å². The maximum absolute atomic E-state index is 11.9. The molecule has 1 saturated heterocycles. The van der Waals surface area contributed by atoms with Gasteiger partial charge in [0.05, 0.1) is 25.8 Å². The molecule has 1 aliphatic heterocycles. The van der Waals surface area contributed by atoms with Gasteiger partial charge in [-0.2, -0.15) is 0 Å². The largest absolute Gasteiger partial charge is 0.381 e. The summed E-state index contributed by atoms with van der Waals surface area (Å²) in [6.07, 6.45) is 7.08. The minimum atomic E-state index is 0.0322. The maximum Gasteiger partial charge on any atom is 0.241 e. The Labute approximate surface area is 180 Å². The van der Waals surface area contributed by atoms with Crippen LogP contribution < -0.4 is 10.6 Å². The Morgan fingerprint density at radius 3 is 2.43 bits per heavy atom. The smallest absolute Gasteiger partial charge is 0.241 e. The second-order valence-electron chi connectivity index (χ2n) is 8.37. The summed E-state index contributed by atoms with van der Waals surface area (Å²) in [7, 11) is 3.52. The van der Waals surface area contributed by atoms with Gasteiger partial charge in [0.2, 0.25) is 5.91 Å². The minimum absolute atomic E-state index is 0.0322.